The fraction of sp³-hybridized carbons (Fsp3) is 0.526. The third kappa shape index (κ3) is 5.47. The molecule has 0 bridgehead atoms. The Hall–Kier alpha value is -2.57. The number of hydrogen-bond donors (Lipinski definition) is 1. The third-order valence-corrected chi connectivity index (χ3v) is 4.14. The number of ether oxygens (including phenoxy) is 1. The maximum absolute atomic E-state index is 12.4. The number of benzene rings is 1. The van der Waals surface area contributed by atoms with Gasteiger partial charge in [0, 0.05) is 25.8 Å². The molecule has 7 nitrogen and oxygen atoms in total. The van der Waals surface area contributed by atoms with Crippen LogP contribution in [0.15, 0.2) is 30.3 Å². The Labute approximate surface area is 154 Å². The molecule has 1 aromatic carbocycles. The normalized spacial score (nSPS) is 17.4. The summed E-state index contributed by atoms with van der Waals surface area (Å²) >= 11 is 0. The van der Waals surface area contributed by atoms with Gasteiger partial charge in [-0.2, -0.15) is 0 Å². The Morgan fingerprint density at radius 3 is 2.46 bits per heavy atom. The minimum Gasteiger partial charge on any atom is -0.444 e. The molecule has 1 aliphatic rings. The molecule has 0 radical (unpaired) electrons. The lowest BCUT2D eigenvalue weighted by atomic mass is 10.0. The number of rotatable bonds is 2. The molecule has 1 aromatic rings. The zero-order chi connectivity index (χ0) is 19.3. The van der Waals surface area contributed by atoms with E-state index in [0.717, 1.165) is 12.8 Å². The first-order chi connectivity index (χ1) is 12.2. The fourth-order valence-electron chi connectivity index (χ4n) is 2.79. The van der Waals surface area contributed by atoms with E-state index in [1.165, 1.54) is 9.80 Å². The standard InChI is InChI=1S/C19H27N3O4/c1-19(2,3)26-18(25)21(4)15-11-8-12-22(13-15)17(24)16(23)20-14-9-6-5-7-10-14/h5-7,9-10,15H,8,11-13H2,1-4H3,(H,20,23)/t15-/m0/s1. The lowest BCUT2D eigenvalue weighted by Crippen LogP contribution is -2.53. The first kappa shape index (κ1) is 19.8. The number of piperidine rings is 1. The van der Waals surface area contributed by atoms with E-state index in [4.69, 9.17) is 4.74 Å². The van der Waals surface area contributed by atoms with Gasteiger partial charge in [0.15, 0.2) is 0 Å². The van der Waals surface area contributed by atoms with Gasteiger partial charge in [-0.25, -0.2) is 4.79 Å². The van der Waals surface area contributed by atoms with Crippen LogP contribution in [0.25, 0.3) is 0 Å². The number of carbonyl (C=O) groups is 3. The number of carbonyl (C=O) groups excluding carboxylic acids is 3. The zero-order valence-electron chi connectivity index (χ0n) is 15.8. The van der Waals surface area contributed by atoms with Gasteiger partial charge in [0.25, 0.3) is 0 Å². The SMILES string of the molecule is CN(C(=O)OC(C)(C)C)[C@H]1CCCN(C(=O)C(=O)Nc2ccccc2)C1. The second kappa shape index (κ2) is 8.21. The van der Waals surface area contributed by atoms with Crippen LogP contribution in [-0.2, 0) is 14.3 Å². The topological polar surface area (TPSA) is 79.0 Å². The highest BCUT2D eigenvalue weighted by atomic mass is 16.6. The molecule has 26 heavy (non-hydrogen) atoms. The van der Waals surface area contributed by atoms with Gasteiger partial charge in [-0.3, -0.25) is 9.59 Å². The summed E-state index contributed by atoms with van der Waals surface area (Å²) in [7, 11) is 1.66. The Bertz CT molecular complexity index is 654. The number of anilines is 1. The van der Waals surface area contributed by atoms with E-state index in [2.05, 4.69) is 5.32 Å². The number of nitrogens with zero attached hydrogens (tertiary/aromatic N) is 2. The van der Waals surface area contributed by atoms with Crippen LogP contribution in [0.3, 0.4) is 0 Å². The Morgan fingerprint density at radius 1 is 1.19 bits per heavy atom. The van der Waals surface area contributed by atoms with Crippen molar-refractivity contribution in [2.24, 2.45) is 0 Å². The van der Waals surface area contributed by atoms with E-state index in [1.807, 2.05) is 26.8 Å². The number of para-hydroxylation sites is 1. The summed E-state index contributed by atoms with van der Waals surface area (Å²) < 4.78 is 5.38. The van der Waals surface area contributed by atoms with E-state index in [-0.39, 0.29) is 6.04 Å². The van der Waals surface area contributed by atoms with Crippen LogP contribution in [-0.4, -0.2) is 59.5 Å². The lowest BCUT2D eigenvalue weighted by molar-refractivity contribution is -0.144. The van der Waals surface area contributed by atoms with E-state index in [0.29, 0.717) is 18.8 Å². The molecule has 2 rings (SSSR count). The van der Waals surface area contributed by atoms with Crippen molar-refractivity contribution in [3.8, 4) is 0 Å². The van der Waals surface area contributed by atoms with Gasteiger partial charge in [0.05, 0.1) is 6.04 Å². The molecule has 1 N–H and O–H groups in total. The smallest absolute Gasteiger partial charge is 0.410 e. The average Bonchev–Trinajstić information content (AvgIpc) is 2.60. The van der Waals surface area contributed by atoms with Gasteiger partial charge in [-0.15, -0.1) is 0 Å². The molecular formula is C19H27N3O4. The van der Waals surface area contributed by atoms with Crippen LogP contribution in [0.5, 0.6) is 0 Å². The molecule has 1 aliphatic heterocycles. The molecule has 0 aliphatic carbocycles. The second-order valence-corrected chi connectivity index (χ2v) is 7.46. The Balaban J connectivity index is 1.95. The zero-order valence-corrected chi connectivity index (χ0v) is 15.8. The predicted octanol–water partition coefficient (Wildman–Crippen LogP) is 2.48. The predicted molar refractivity (Wildman–Crippen MR) is 98.7 cm³/mol. The van der Waals surface area contributed by atoms with Crippen LogP contribution in [0.2, 0.25) is 0 Å². The lowest BCUT2D eigenvalue weighted by Gasteiger charge is -2.37. The molecule has 1 atom stereocenters. The van der Waals surface area contributed by atoms with Gasteiger partial charge in [0.2, 0.25) is 0 Å². The first-order valence-electron chi connectivity index (χ1n) is 8.78. The van der Waals surface area contributed by atoms with Crippen molar-refractivity contribution in [2.45, 2.75) is 45.3 Å². The Kier molecular flexibility index (Phi) is 6.23. The summed E-state index contributed by atoms with van der Waals surface area (Å²) in [4.78, 5) is 39.9. The van der Waals surface area contributed by atoms with E-state index in [9.17, 15) is 14.4 Å². The van der Waals surface area contributed by atoms with Crippen LogP contribution < -0.4 is 5.32 Å². The number of hydrogen-bond acceptors (Lipinski definition) is 4. The van der Waals surface area contributed by atoms with E-state index in [1.54, 1.807) is 31.3 Å². The molecule has 0 aromatic heterocycles. The fourth-order valence-corrected chi connectivity index (χ4v) is 2.79. The minimum absolute atomic E-state index is 0.174. The monoisotopic (exact) mass is 361 g/mol. The molecule has 0 spiro atoms. The van der Waals surface area contributed by atoms with Gasteiger partial charge in [-0.05, 0) is 45.7 Å². The average molecular weight is 361 g/mol. The van der Waals surface area contributed by atoms with E-state index < -0.39 is 23.5 Å². The molecule has 3 amide bonds. The largest absolute Gasteiger partial charge is 0.444 e. The summed E-state index contributed by atoms with van der Waals surface area (Å²) in [5, 5.41) is 2.60. The van der Waals surface area contributed by atoms with Crippen LogP contribution in [0, 0.1) is 0 Å². The first-order valence-corrected chi connectivity index (χ1v) is 8.78. The second-order valence-electron chi connectivity index (χ2n) is 7.46. The van der Waals surface area contributed by atoms with Crippen LogP contribution in [0.4, 0.5) is 10.5 Å². The summed E-state index contributed by atoms with van der Waals surface area (Å²) in [5.74, 6) is -1.26. The third-order valence-electron chi connectivity index (χ3n) is 4.14. The van der Waals surface area contributed by atoms with Crippen molar-refractivity contribution < 1.29 is 19.1 Å². The summed E-state index contributed by atoms with van der Waals surface area (Å²) in [6.45, 7) is 6.24. The number of nitrogens with one attached hydrogen (secondary N) is 1. The maximum Gasteiger partial charge on any atom is 0.410 e. The van der Waals surface area contributed by atoms with Gasteiger partial charge in [0.1, 0.15) is 5.60 Å². The maximum atomic E-state index is 12.4. The quantitative estimate of drug-likeness (QED) is 0.821. The van der Waals surface area contributed by atoms with Gasteiger partial charge in [-0.1, -0.05) is 18.2 Å². The van der Waals surface area contributed by atoms with Crippen LogP contribution in [0.1, 0.15) is 33.6 Å². The van der Waals surface area contributed by atoms with Crippen LogP contribution >= 0.6 is 0 Å². The summed E-state index contributed by atoms with van der Waals surface area (Å²) in [6.07, 6.45) is 1.06. The highest BCUT2D eigenvalue weighted by Crippen LogP contribution is 2.18. The molecular weight excluding hydrogens is 334 g/mol. The van der Waals surface area contributed by atoms with Crippen molar-refractivity contribution in [1.29, 1.82) is 0 Å². The highest BCUT2D eigenvalue weighted by Gasteiger charge is 2.32. The van der Waals surface area contributed by atoms with Crippen molar-refractivity contribution in [2.75, 3.05) is 25.5 Å². The van der Waals surface area contributed by atoms with Crippen molar-refractivity contribution in [3.05, 3.63) is 30.3 Å². The highest BCUT2D eigenvalue weighted by molar-refractivity contribution is 6.39. The summed E-state index contributed by atoms with van der Waals surface area (Å²) in [5.41, 5.74) is -0.00395. The molecule has 1 saturated heterocycles. The molecule has 0 saturated carbocycles. The number of amides is 3. The summed E-state index contributed by atoms with van der Waals surface area (Å²) in [6, 6.07) is 8.67. The number of likely N-dealkylation sites (tertiary alicyclic amines) is 1. The van der Waals surface area contributed by atoms with Crippen molar-refractivity contribution >= 4 is 23.6 Å². The van der Waals surface area contributed by atoms with E-state index >= 15 is 0 Å². The van der Waals surface area contributed by atoms with Crippen molar-refractivity contribution in [1.82, 2.24) is 9.80 Å². The molecule has 0 unspecified atom stereocenters. The molecule has 142 valence electrons. The minimum atomic E-state index is -0.670. The number of likely N-dealkylation sites (N-methyl/N-ethyl adjacent to an activating group) is 1. The van der Waals surface area contributed by atoms with Crippen molar-refractivity contribution in [3.63, 3.8) is 0 Å². The van der Waals surface area contributed by atoms with Gasteiger partial charge < -0.3 is 19.9 Å². The molecule has 1 fully saturated rings. The molecule has 7 heteroatoms. The van der Waals surface area contributed by atoms with Gasteiger partial charge >= 0.3 is 17.9 Å². The molecule has 1 heterocycles. The Morgan fingerprint density at radius 2 is 1.85 bits per heavy atom.